The van der Waals surface area contributed by atoms with Crippen LogP contribution in [0.4, 0.5) is 0 Å². The van der Waals surface area contributed by atoms with Crippen LogP contribution in [0.1, 0.15) is 33.1 Å². The lowest BCUT2D eigenvalue weighted by Crippen LogP contribution is -2.39. The molecule has 0 aromatic rings. The van der Waals surface area contributed by atoms with E-state index in [1.54, 1.807) is 6.92 Å². The fraction of sp³-hybridized carbons (Fsp3) is 0.929. The third kappa shape index (κ3) is 11.5. The highest BCUT2D eigenvalue weighted by molar-refractivity contribution is 14.0. The summed E-state index contributed by atoms with van der Waals surface area (Å²) in [6.07, 6.45) is 3.51. The Morgan fingerprint density at radius 2 is 2.00 bits per heavy atom. The molecule has 0 atom stereocenters. The average molecular weight is 447 g/mol. The first-order valence-electron chi connectivity index (χ1n) is 7.87. The van der Waals surface area contributed by atoms with Crippen molar-refractivity contribution in [3.05, 3.63) is 0 Å². The van der Waals surface area contributed by atoms with E-state index in [9.17, 15) is 8.42 Å². The lowest BCUT2D eigenvalue weighted by Gasteiger charge is -2.11. The summed E-state index contributed by atoms with van der Waals surface area (Å²) >= 11 is 0. The number of nitrogens with one attached hydrogen (secondary N) is 2. The molecule has 1 saturated carbocycles. The Bertz CT molecular complexity index is 412. The van der Waals surface area contributed by atoms with Gasteiger partial charge in [-0.1, -0.05) is 6.92 Å². The second-order valence-electron chi connectivity index (χ2n) is 5.30. The van der Waals surface area contributed by atoms with Gasteiger partial charge in [0.15, 0.2) is 15.8 Å². The van der Waals surface area contributed by atoms with Gasteiger partial charge in [0.1, 0.15) is 0 Å². The minimum Gasteiger partial charge on any atom is -0.381 e. The third-order valence-corrected chi connectivity index (χ3v) is 4.96. The minimum atomic E-state index is -2.93. The number of hydrogen-bond acceptors (Lipinski definition) is 4. The van der Waals surface area contributed by atoms with E-state index < -0.39 is 9.84 Å². The molecule has 0 amide bonds. The number of aliphatic imine (C=N–C) groups is 1. The molecule has 0 aromatic heterocycles. The van der Waals surface area contributed by atoms with Gasteiger partial charge in [0.05, 0.1) is 5.75 Å². The second-order valence-corrected chi connectivity index (χ2v) is 7.77. The van der Waals surface area contributed by atoms with Crippen LogP contribution in [-0.4, -0.2) is 58.7 Å². The van der Waals surface area contributed by atoms with E-state index >= 15 is 0 Å². The van der Waals surface area contributed by atoms with Gasteiger partial charge in [0.25, 0.3) is 0 Å². The molecule has 1 aliphatic carbocycles. The number of hydrogen-bond donors (Lipinski definition) is 2. The zero-order chi connectivity index (χ0) is 15.6. The molecule has 1 rings (SSSR count). The Morgan fingerprint density at radius 3 is 2.59 bits per heavy atom. The summed E-state index contributed by atoms with van der Waals surface area (Å²) in [5.41, 5.74) is 0. The van der Waals surface area contributed by atoms with E-state index in [0.717, 1.165) is 32.1 Å². The van der Waals surface area contributed by atoms with Gasteiger partial charge in [-0.3, -0.25) is 4.99 Å². The number of ether oxygens (including phenoxy) is 1. The number of nitrogens with zero attached hydrogens (tertiary/aromatic N) is 1. The summed E-state index contributed by atoms with van der Waals surface area (Å²) in [5.74, 6) is 1.79. The van der Waals surface area contributed by atoms with Crippen molar-refractivity contribution < 1.29 is 13.2 Å². The van der Waals surface area contributed by atoms with E-state index in [1.807, 2.05) is 6.92 Å². The van der Waals surface area contributed by atoms with Gasteiger partial charge in [-0.25, -0.2) is 8.42 Å². The second kappa shape index (κ2) is 12.3. The van der Waals surface area contributed by atoms with Gasteiger partial charge in [-0.2, -0.15) is 0 Å². The standard InChI is InChI=1S/C14H29N3O3S.HI/c1-3-15-14(17-9-11-21(18,19)4-2)16-8-5-10-20-12-13-6-7-13;/h13H,3-12H2,1-2H3,(H2,15,16,17);1H. The van der Waals surface area contributed by atoms with Gasteiger partial charge >= 0.3 is 0 Å². The van der Waals surface area contributed by atoms with E-state index in [4.69, 9.17) is 4.74 Å². The van der Waals surface area contributed by atoms with Gasteiger partial charge in [0, 0.05) is 38.6 Å². The lowest BCUT2D eigenvalue weighted by molar-refractivity contribution is 0.123. The van der Waals surface area contributed by atoms with Crippen molar-refractivity contribution in [1.82, 2.24) is 10.6 Å². The predicted octanol–water partition coefficient (Wildman–Crippen LogP) is 1.41. The van der Waals surface area contributed by atoms with Crippen molar-refractivity contribution in [1.29, 1.82) is 0 Å². The molecule has 0 unspecified atom stereocenters. The summed E-state index contributed by atoms with van der Waals surface area (Å²) < 4.78 is 28.4. The molecule has 132 valence electrons. The molecule has 0 aromatic carbocycles. The molecule has 6 nitrogen and oxygen atoms in total. The fourth-order valence-electron chi connectivity index (χ4n) is 1.70. The van der Waals surface area contributed by atoms with Gasteiger partial charge < -0.3 is 15.4 Å². The van der Waals surface area contributed by atoms with E-state index in [-0.39, 0.29) is 35.5 Å². The molecule has 1 aliphatic rings. The van der Waals surface area contributed by atoms with Crippen LogP contribution in [0.5, 0.6) is 0 Å². The van der Waals surface area contributed by atoms with Gasteiger partial charge in [-0.15, -0.1) is 24.0 Å². The Hall–Kier alpha value is -0.0900. The molecule has 0 radical (unpaired) electrons. The highest BCUT2D eigenvalue weighted by Crippen LogP contribution is 2.28. The largest absolute Gasteiger partial charge is 0.381 e. The summed E-state index contributed by atoms with van der Waals surface area (Å²) in [4.78, 5) is 4.41. The molecule has 0 aliphatic heterocycles. The highest BCUT2D eigenvalue weighted by Gasteiger charge is 2.20. The topological polar surface area (TPSA) is 79.8 Å². The first-order valence-corrected chi connectivity index (χ1v) is 9.70. The third-order valence-electron chi connectivity index (χ3n) is 3.26. The molecule has 22 heavy (non-hydrogen) atoms. The zero-order valence-electron chi connectivity index (χ0n) is 13.6. The fourth-order valence-corrected chi connectivity index (χ4v) is 2.40. The molecular formula is C14H30IN3O3S. The predicted molar refractivity (Wildman–Crippen MR) is 102 cm³/mol. The lowest BCUT2D eigenvalue weighted by atomic mass is 10.4. The van der Waals surface area contributed by atoms with Gasteiger partial charge in [-0.05, 0) is 32.1 Å². The quantitative estimate of drug-likeness (QED) is 0.217. The van der Waals surface area contributed by atoms with Crippen LogP contribution in [0, 0.1) is 5.92 Å². The summed E-state index contributed by atoms with van der Waals surface area (Å²) in [5, 5.41) is 6.16. The van der Waals surface area contributed by atoms with E-state index in [2.05, 4.69) is 15.6 Å². The van der Waals surface area contributed by atoms with E-state index in [1.165, 1.54) is 12.8 Å². The summed E-state index contributed by atoms with van der Waals surface area (Å²) in [6.45, 7) is 7.10. The minimum absolute atomic E-state index is 0. The first-order chi connectivity index (χ1) is 10.1. The van der Waals surface area contributed by atoms with Crippen LogP contribution >= 0.6 is 24.0 Å². The molecule has 0 spiro atoms. The Balaban J connectivity index is 0.00000441. The van der Waals surface area contributed by atoms with Gasteiger partial charge in [0.2, 0.25) is 0 Å². The number of guanidine groups is 1. The van der Waals surface area contributed by atoms with Crippen LogP contribution < -0.4 is 10.6 Å². The molecular weight excluding hydrogens is 417 g/mol. The van der Waals surface area contributed by atoms with Crippen molar-refractivity contribution >= 4 is 39.8 Å². The SMILES string of the molecule is CCNC(=NCCCOCC1CC1)NCCS(=O)(=O)CC.I. The van der Waals surface area contributed by atoms with Crippen LogP contribution in [0.3, 0.4) is 0 Å². The highest BCUT2D eigenvalue weighted by atomic mass is 127. The summed E-state index contributed by atoms with van der Waals surface area (Å²) in [6, 6.07) is 0. The van der Waals surface area contributed by atoms with Crippen LogP contribution in [0.25, 0.3) is 0 Å². The molecule has 0 saturated heterocycles. The Morgan fingerprint density at radius 1 is 1.27 bits per heavy atom. The van der Waals surface area contributed by atoms with Crippen molar-refractivity contribution in [3.8, 4) is 0 Å². The van der Waals surface area contributed by atoms with Crippen LogP contribution in [-0.2, 0) is 14.6 Å². The molecule has 1 fully saturated rings. The number of sulfone groups is 1. The zero-order valence-corrected chi connectivity index (χ0v) is 16.8. The van der Waals surface area contributed by atoms with E-state index in [0.29, 0.717) is 19.0 Å². The molecule has 2 N–H and O–H groups in total. The molecule has 0 heterocycles. The van der Waals surface area contributed by atoms with Crippen molar-refractivity contribution in [2.45, 2.75) is 33.1 Å². The maximum absolute atomic E-state index is 11.4. The summed E-state index contributed by atoms with van der Waals surface area (Å²) in [7, 11) is -2.93. The Labute approximate surface area is 151 Å². The van der Waals surface area contributed by atoms with Crippen LogP contribution in [0.15, 0.2) is 4.99 Å². The average Bonchev–Trinajstić information content (AvgIpc) is 3.26. The molecule has 0 bridgehead atoms. The molecule has 8 heteroatoms. The van der Waals surface area contributed by atoms with Crippen molar-refractivity contribution in [2.75, 3.05) is 44.4 Å². The van der Waals surface area contributed by atoms with Crippen LogP contribution in [0.2, 0.25) is 0 Å². The maximum atomic E-state index is 11.4. The smallest absolute Gasteiger partial charge is 0.191 e. The maximum Gasteiger partial charge on any atom is 0.191 e. The number of halogens is 1. The Kier molecular flexibility index (Phi) is 12.3. The normalized spacial score (nSPS) is 15.3. The van der Waals surface area contributed by atoms with Crippen molar-refractivity contribution in [3.63, 3.8) is 0 Å². The first kappa shape index (κ1) is 21.9. The monoisotopic (exact) mass is 447 g/mol. The number of rotatable bonds is 11. The van der Waals surface area contributed by atoms with Crippen molar-refractivity contribution in [2.24, 2.45) is 10.9 Å².